The van der Waals surface area contributed by atoms with E-state index in [9.17, 15) is 76.7 Å². The van der Waals surface area contributed by atoms with E-state index < -0.39 is 40.3 Å². The first kappa shape index (κ1) is 138. The number of hydrogen-bond acceptors (Lipinski definition) is 24. The van der Waals surface area contributed by atoms with Gasteiger partial charge in [0.1, 0.15) is 34.9 Å². The number of nitrogens with zero attached hydrogens (tertiary/aromatic N) is 1. The van der Waals surface area contributed by atoms with Crippen molar-refractivity contribution < 1.29 is 215 Å². The number of benzene rings is 6. The summed E-state index contributed by atoms with van der Waals surface area (Å²) in [5.74, 6) is -3.28. The molecule has 0 aromatic heterocycles. The molecule has 6 atom stereocenters. The zero-order valence-corrected chi connectivity index (χ0v) is 79.9. The van der Waals surface area contributed by atoms with Gasteiger partial charge >= 0.3 is 124 Å². The van der Waals surface area contributed by atoms with Gasteiger partial charge in [-0.3, -0.25) is 50.2 Å². The fourth-order valence-corrected chi connectivity index (χ4v) is 10.6. The number of methoxy groups -OCH3 is 3. The van der Waals surface area contributed by atoms with E-state index in [2.05, 4.69) is 62.8 Å². The smallest absolute Gasteiger partial charge is 1.00 e. The summed E-state index contributed by atoms with van der Waals surface area (Å²) in [5, 5.41) is 30.9. The number of nitrogens with one attached hydrogen (secondary N) is 4. The number of halogens is 10. The second-order valence-electron chi connectivity index (χ2n) is 25.1. The molecule has 0 saturated carbocycles. The van der Waals surface area contributed by atoms with Crippen LogP contribution in [0.4, 0.5) is 39.5 Å². The van der Waals surface area contributed by atoms with Gasteiger partial charge in [-0.15, -0.1) is 6.42 Å². The van der Waals surface area contributed by atoms with E-state index in [1.54, 1.807) is 74.8 Å². The van der Waals surface area contributed by atoms with Gasteiger partial charge in [-0.2, -0.15) is 28.0 Å². The van der Waals surface area contributed by atoms with Gasteiger partial charge in [0.2, 0.25) is 5.91 Å². The Kier molecular flexibility index (Phi) is 92.2. The Labute approximate surface area is 807 Å². The monoisotopic (exact) mass is 1880 g/mol. The quantitative estimate of drug-likeness (QED) is 0.00363. The van der Waals surface area contributed by atoms with Crippen molar-refractivity contribution in [2.45, 2.75) is 173 Å². The van der Waals surface area contributed by atoms with Crippen LogP contribution in [-0.4, -0.2) is 175 Å². The molecule has 0 fully saturated rings. The van der Waals surface area contributed by atoms with Crippen LogP contribution in [0.2, 0.25) is 0 Å². The topological polar surface area (TPSA) is 416 Å². The Bertz CT molecular complexity index is 3930. The molecule has 0 bridgehead atoms. The maximum atomic E-state index is 13.0. The van der Waals surface area contributed by atoms with Crippen LogP contribution in [0.3, 0.4) is 0 Å². The Hall–Kier alpha value is -6.23. The van der Waals surface area contributed by atoms with Gasteiger partial charge in [-0.25, -0.2) is 31.4 Å². The van der Waals surface area contributed by atoms with Crippen LogP contribution in [0.15, 0.2) is 163 Å². The van der Waals surface area contributed by atoms with Crippen molar-refractivity contribution in [3.63, 3.8) is 0 Å². The number of amides is 1. The maximum absolute atomic E-state index is 13.0. The molecule has 0 radical (unpaired) electrons. The largest absolute Gasteiger partial charge is 2.00 e. The Morgan fingerprint density at radius 1 is 0.548 bits per heavy atom. The minimum atomic E-state index is -5.35. The number of ketones is 1. The van der Waals surface area contributed by atoms with E-state index in [0.29, 0.717) is 18.4 Å². The van der Waals surface area contributed by atoms with E-state index in [0.717, 1.165) is 92.4 Å². The summed E-state index contributed by atoms with van der Waals surface area (Å²) in [6.07, 6.45) is 19.9. The average Bonchev–Trinajstić information content (AvgIpc) is 0.761. The number of esters is 2. The normalized spacial score (nSPS) is 12.5. The molecule has 2 aliphatic rings. The Morgan fingerprint density at radius 3 is 1.13 bits per heavy atom. The van der Waals surface area contributed by atoms with Crippen LogP contribution in [-0.2, 0) is 71.8 Å². The van der Waals surface area contributed by atoms with E-state index in [4.69, 9.17) is 31.5 Å². The molecular weight excluding hydrogens is 1770 g/mol. The first-order valence-electron chi connectivity index (χ1n) is 38.0. The van der Waals surface area contributed by atoms with Crippen LogP contribution in [0.25, 0.3) is 0 Å². The number of rotatable bonds is 32. The summed E-state index contributed by atoms with van der Waals surface area (Å²) in [5.41, 5.74) is 11.9. The Balaban J connectivity index is -0.000000176. The molecule has 8 rings (SSSR count). The number of hydrogen-bond donors (Lipinski definition) is 7. The molecular formula is C85H117BrF9Li2MgN7NaO19S-. The number of alkyl halides is 3. The molecule has 0 spiro atoms. The van der Waals surface area contributed by atoms with Crippen molar-refractivity contribution in [3.8, 4) is 0 Å². The van der Waals surface area contributed by atoms with Gasteiger partial charge in [0.25, 0.3) is 6.47 Å². The first-order chi connectivity index (χ1) is 56.6. The van der Waals surface area contributed by atoms with E-state index in [1.165, 1.54) is 143 Å². The molecule has 2 aliphatic carbocycles. The number of ether oxygens (including phenoxy) is 3. The number of carbonyl (C=O) groups excluding carboxylic acids is 6. The van der Waals surface area contributed by atoms with Crippen molar-refractivity contribution >= 4 is 75.5 Å². The fourth-order valence-electron chi connectivity index (χ4n) is 10.1. The molecule has 6 aromatic carbocycles. The zero-order chi connectivity index (χ0) is 90.2. The van der Waals surface area contributed by atoms with Gasteiger partial charge in [-0.1, -0.05) is 126 Å². The summed E-state index contributed by atoms with van der Waals surface area (Å²) in [4.78, 5) is 82.9. The maximum Gasteiger partial charge on any atom is 2.00 e. The molecule has 688 valence electrons. The van der Waals surface area contributed by atoms with E-state index >= 15 is 0 Å². The molecule has 0 saturated heterocycles. The second-order valence-corrected chi connectivity index (χ2v) is 26.7. The van der Waals surface area contributed by atoms with Crippen molar-refractivity contribution in [1.29, 1.82) is 0 Å². The van der Waals surface area contributed by atoms with Crippen molar-refractivity contribution in [3.05, 3.63) is 238 Å². The van der Waals surface area contributed by atoms with Gasteiger partial charge in [-0.05, 0) is 177 Å². The molecule has 0 aliphatic heterocycles. The van der Waals surface area contributed by atoms with Crippen LogP contribution in [0.5, 0.6) is 0 Å². The number of aliphatic carboxylic acids is 1. The Morgan fingerprint density at radius 2 is 0.873 bits per heavy atom. The van der Waals surface area contributed by atoms with Crippen LogP contribution >= 0.6 is 0 Å². The summed E-state index contributed by atoms with van der Waals surface area (Å²) in [7, 11) is 2.00. The van der Waals surface area contributed by atoms with Crippen LogP contribution in [0.1, 0.15) is 201 Å². The molecule has 0 heterocycles. The number of Topliss-reactive ketones (excluding diaryl/α,β-unsaturated/α-hetero) is 1. The molecule has 11 N–H and O–H groups in total. The van der Waals surface area contributed by atoms with Gasteiger partial charge in [0.05, 0.1) is 47.2 Å². The van der Waals surface area contributed by atoms with E-state index in [-0.39, 0.29) is 233 Å². The fraction of sp³-hybridized carbons (Fsp3) is 0.447. The number of carboxylic acid groups (broad SMARTS) is 1. The third-order valence-corrected chi connectivity index (χ3v) is 17.5. The SMILES string of the molecule is CCN[C@H](CC(=O)C1=CCCCC1)c1ccc(F)cc1.CCN[C@H](CC(=O)N(C)OC)c1ccc(F)cc1.CCN[C@H](CC(=O)OC)c1ccc(F)cc1.CCN[C@H](C[C-]=O)c1ccc(F)cc1.CCOC.CCOS(=O)(=O)C(F)(F)F.COC(=O)C[C@@H](N)c1ccc(F)cc1.N[C@H](CC(=O)O)c1ccc(F)cc1.O=CO[O-].[Br-].[C-]1=CCCCC1.[Li+].[Li+].[Mg+2].[Na+].[OH-].[OH-]. The number of carbonyl (C=O) groups is 6. The predicted molar refractivity (Wildman–Crippen MR) is 442 cm³/mol. The van der Waals surface area contributed by atoms with Gasteiger partial charge in [0.15, 0.2) is 5.78 Å². The van der Waals surface area contributed by atoms with Crippen LogP contribution < -0.4 is 122 Å². The van der Waals surface area contributed by atoms with E-state index in [1.807, 2.05) is 40.9 Å². The molecule has 0 unspecified atom stereocenters. The predicted octanol–water partition coefficient (Wildman–Crippen LogP) is 1.69. The summed E-state index contributed by atoms with van der Waals surface area (Å²) in [6, 6.07) is 34.7. The van der Waals surface area contributed by atoms with Crippen molar-refractivity contribution in [2.75, 3.05) is 74.9 Å². The molecule has 126 heavy (non-hydrogen) atoms. The molecule has 41 heteroatoms. The summed E-state index contributed by atoms with van der Waals surface area (Å²) >= 11 is 0. The standard InChI is InChI=1S/C17H22FNO.C13H19FN2O2.C12H16FNO2.C11H13FNO.C10H12FNO2.C9H10FNO2.C6H9.C3H5F3O3S.C3H8O.CH2O3.BrH.2Li.Mg.Na.2H2O/c1-2-19-16(13-8-10-15(18)11-9-13)12-17(20)14-6-4-3-5-7-14;1-4-15-12(9-13(17)16(2)18-3)10-5-7-11(14)8-6-10;1-3-14-11(8-12(15)16-2)9-4-6-10(13)7-5-9;1-2-13-11(7-8-14)9-3-5-10(12)6-4-9;1-14-10(13)6-9(12)7-2-4-8(11)5-3-7;10-7-3-1-6(2-4-7)8(11)5-9(12)13;1-2-4-6-5-3-1;1-2-9-10(7,8)3(4,5)6;1-3-4-2;2-1-4-3;;;;;;;/h6,8-11,16,19H,2-5,7,12H2,1H3;5-8,12,15H,4,9H2,1-3H3;4-7,11,14H,3,8H2,1-2H3;3-6,11,13H,2,7H2,1H3;2-5,9H,6,12H2,1H3;1-4,8H,5,11H2,(H,12,13);1H,2,4-6H2;2H2,1H3;3H2,1-2H3;1,3H;1H;;;;;2*1H2/q;;;-1;;;-1;;;;;2*+1;+2;+1;;/p-4/t16-;12-;2*11-;9-;8-;;;;;;;;;;;/m111111.........../s1. The average molecular weight is 1890 g/mol. The number of carboxylic acids is 1. The minimum absolute atomic E-state index is 0. The van der Waals surface area contributed by atoms with Crippen molar-refractivity contribution in [2.24, 2.45) is 11.5 Å². The molecule has 6 aromatic rings. The zero-order valence-electron chi connectivity index (χ0n) is 74.1. The second kappa shape index (κ2) is 84.3. The molecule has 26 nitrogen and oxygen atoms in total. The van der Waals surface area contributed by atoms with Gasteiger partial charge in [0, 0.05) is 69.9 Å². The number of allylic oxidation sites excluding steroid dienone is 4. The third kappa shape index (κ3) is 66.2. The number of nitrogens with two attached hydrogens (primary N) is 2. The number of hydroxylamine groups is 2. The van der Waals surface area contributed by atoms with Gasteiger partial charge < -0.3 is 101 Å². The summed E-state index contributed by atoms with van der Waals surface area (Å²) in [6.45, 7) is 14.1. The van der Waals surface area contributed by atoms with Crippen LogP contribution in [0, 0.1) is 41.0 Å². The summed E-state index contributed by atoms with van der Waals surface area (Å²) < 4.78 is 147. The minimum Gasteiger partial charge on any atom is -1.00 e. The van der Waals surface area contributed by atoms with Crippen molar-refractivity contribution in [1.82, 2.24) is 26.3 Å². The molecule has 1 amide bonds. The first-order valence-corrected chi connectivity index (χ1v) is 39.4. The third-order valence-electron chi connectivity index (χ3n) is 16.4.